The lowest BCUT2D eigenvalue weighted by Gasteiger charge is -2.25. The normalized spacial score (nSPS) is 26.3. The third kappa shape index (κ3) is 3.00. The number of carbonyl (C=O) groups excluding carboxylic acids is 1. The summed E-state index contributed by atoms with van der Waals surface area (Å²) in [6.07, 6.45) is 8.58. The molecular weight excluding hydrogens is 356 g/mol. The van der Waals surface area contributed by atoms with Gasteiger partial charge in [0.2, 0.25) is 5.91 Å². The van der Waals surface area contributed by atoms with E-state index in [0.717, 1.165) is 11.3 Å². The second kappa shape index (κ2) is 6.53. The molecule has 2 aromatic rings. The largest absolute Gasteiger partial charge is 0.477 e. The summed E-state index contributed by atoms with van der Waals surface area (Å²) in [5.41, 5.74) is -0.577. The van der Waals surface area contributed by atoms with Crippen LogP contribution in [0.5, 0.6) is 0 Å². The molecule has 25 heavy (non-hydrogen) atoms. The van der Waals surface area contributed by atoms with E-state index < -0.39 is 11.4 Å². The first-order chi connectivity index (χ1) is 12.1. The van der Waals surface area contributed by atoms with E-state index in [0.29, 0.717) is 21.8 Å². The predicted octanol–water partition coefficient (Wildman–Crippen LogP) is 4.38. The lowest BCUT2D eigenvalue weighted by Crippen LogP contribution is -2.31. The van der Waals surface area contributed by atoms with Gasteiger partial charge in [-0.1, -0.05) is 32.1 Å². The number of carbonyl (C=O) groups is 2. The van der Waals surface area contributed by atoms with Crippen molar-refractivity contribution < 1.29 is 14.7 Å². The SMILES string of the molecule is O=C(O)c1ccc(C2(C(=O)Nc3nccs3)CC2C2CCCCC2)s1. The summed E-state index contributed by atoms with van der Waals surface area (Å²) in [5.74, 6) is -0.0855. The fraction of sp³-hybridized carbons (Fsp3) is 0.500. The molecule has 132 valence electrons. The van der Waals surface area contributed by atoms with Crippen LogP contribution in [0.25, 0.3) is 0 Å². The molecular formula is C18H20N2O3S2. The molecule has 7 heteroatoms. The number of nitrogens with zero attached hydrogens (tertiary/aromatic N) is 1. The summed E-state index contributed by atoms with van der Waals surface area (Å²) in [5, 5.41) is 14.6. The number of hydrogen-bond acceptors (Lipinski definition) is 5. The summed E-state index contributed by atoms with van der Waals surface area (Å²) >= 11 is 2.65. The Balaban J connectivity index is 1.63. The van der Waals surface area contributed by atoms with Gasteiger partial charge in [0.05, 0.1) is 5.41 Å². The van der Waals surface area contributed by atoms with Crippen LogP contribution in [-0.2, 0) is 10.2 Å². The summed E-state index contributed by atoms with van der Waals surface area (Å²) < 4.78 is 0. The number of carboxylic acid groups (broad SMARTS) is 1. The van der Waals surface area contributed by atoms with Crippen LogP contribution in [-0.4, -0.2) is 22.0 Å². The van der Waals surface area contributed by atoms with Crippen LogP contribution < -0.4 is 5.32 Å². The molecule has 0 radical (unpaired) electrons. The van der Waals surface area contributed by atoms with Gasteiger partial charge in [-0.2, -0.15) is 0 Å². The van der Waals surface area contributed by atoms with Gasteiger partial charge < -0.3 is 10.4 Å². The molecule has 2 aromatic heterocycles. The van der Waals surface area contributed by atoms with E-state index in [1.165, 1.54) is 54.8 Å². The van der Waals surface area contributed by atoms with Crippen LogP contribution in [0, 0.1) is 11.8 Å². The van der Waals surface area contributed by atoms with Gasteiger partial charge in [-0.15, -0.1) is 22.7 Å². The molecule has 2 N–H and O–H groups in total. The molecule has 0 bridgehead atoms. The van der Waals surface area contributed by atoms with Crippen molar-refractivity contribution in [2.24, 2.45) is 11.8 Å². The third-order valence-electron chi connectivity index (χ3n) is 5.55. The van der Waals surface area contributed by atoms with Crippen LogP contribution in [0.4, 0.5) is 5.13 Å². The zero-order chi connectivity index (χ0) is 17.4. The maximum absolute atomic E-state index is 13.1. The first-order valence-corrected chi connectivity index (χ1v) is 10.4. The average Bonchev–Trinajstić information content (AvgIpc) is 2.98. The molecule has 0 spiro atoms. The van der Waals surface area contributed by atoms with Crippen LogP contribution in [0.2, 0.25) is 0 Å². The van der Waals surface area contributed by atoms with Gasteiger partial charge in [-0.3, -0.25) is 4.79 Å². The molecule has 1 amide bonds. The van der Waals surface area contributed by atoms with Crippen LogP contribution in [0.3, 0.4) is 0 Å². The Morgan fingerprint density at radius 2 is 2.04 bits per heavy atom. The molecule has 2 heterocycles. The fourth-order valence-corrected chi connectivity index (χ4v) is 5.87. The molecule has 5 nitrogen and oxygen atoms in total. The maximum atomic E-state index is 13.1. The number of rotatable bonds is 5. The Bertz CT molecular complexity index is 780. The number of aromatic nitrogens is 1. The van der Waals surface area contributed by atoms with E-state index in [9.17, 15) is 14.7 Å². The minimum Gasteiger partial charge on any atom is -0.477 e. The van der Waals surface area contributed by atoms with Crippen molar-refractivity contribution in [1.82, 2.24) is 4.98 Å². The summed E-state index contributed by atoms with van der Waals surface area (Å²) in [6, 6.07) is 3.45. The zero-order valence-electron chi connectivity index (χ0n) is 13.7. The minimum absolute atomic E-state index is 0.0307. The second-order valence-corrected chi connectivity index (χ2v) is 8.92. The number of nitrogens with one attached hydrogen (secondary N) is 1. The van der Waals surface area contributed by atoms with Crippen molar-refractivity contribution >= 4 is 39.7 Å². The van der Waals surface area contributed by atoms with Crippen molar-refractivity contribution in [3.63, 3.8) is 0 Å². The number of thiazole rings is 1. The Morgan fingerprint density at radius 1 is 1.24 bits per heavy atom. The van der Waals surface area contributed by atoms with Gasteiger partial charge >= 0.3 is 5.97 Å². The van der Waals surface area contributed by atoms with E-state index in [1.54, 1.807) is 12.3 Å². The smallest absolute Gasteiger partial charge is 0.345 e. The van der Waals surface area contributed by atoms with Gasteiger partial charge in [0.25, 0.3) is 0 Å². The molecule has 2 aliphatic rings. The standard InChI is InChI=1S/C18H20N2O3S2/c21-15(22)13-6-7-14(25-13)18(16(23)20-17-19-8-9-24-17)10-12(18)11-4-2-1-3-5-11/h6-9,11-12H,1-5,10H2,(H,21,22)(H,19,20,23). The lowest BCUT2D eigenvalue weighted by atomic mass is 9.82. The van der Waals surface area contributed by atoms with Gasteiger partial charge in [-0.25, -0.2) is 9.78 Å². The lowest BCUT2D eigenvalue weighted by molar-refractivity contribution is -0.119. The molecule has 0 aliphatic heterocycles. The van der Waals surface area contributed by atoms with Crippen LogP contribution in [0.1, 0.15) is 53.1 Å². The summed E-state index contributed by atoms with van der Waals surface area (Å²) in [6.45, 7) is 0. The topological polar surface area (TPSA) is 79.3 Å². The predicted molar refractivity (Wildman–Crippen MR) is 98.4 cm³/mol. The molecule has 2 atom stereocenters. The van der Waals surface area contributed by atoms with Crippen molar-refractivity contribution in [2.45, 2.75) is 43.9 Å². The van der Waals surface area contributed by atoms with Crippen molar-refractivity contribution in [2.75, 3.05) is 5.32 Å². The minimum atomic E-state index is -0.929. The Kier molecular flexibility index (Phi) is 4.37. The molecule has 4 rings (SSSR count). The quantitative estimate of drug-likeness (QED) is 0.812. The van der Waals surface area contributed by atoms with Crippen LogP contribution >= 0.6 is 22.7 Å². The van der Waals surface area contributed by atoms with Crippen molar-refractivity contribution in [1.29, 1.82) is 0 Å². The van der Waals surface area contributed by atoms with E-state index in [4.69, 9.17) is 0 Å². The first kappa shape index (κ1) is 16.7. The van der Waals surface area contributed by atoms with E-state index in [1.807, 2.05) is 11.4 Å². The van der Waals surface area contributed by atoms with Crippen LogP contribution in [0.15, 0.2) is 23.7 Å². The first-order valence-electron chi connectivity index (χ1n) is 8.66. The Labute approximate surface area is 154 Å². The van der Waals surface area contributed by atoms with Gasteiger partial charge in [-0.05, 0) is 30.4 Å². The van der Waals surface area contributed by atoms with Gasteiger partial charge in [0.15, 0.2) is 5.13 Å². The van der Waals surface area contributed by atoms with E-state index in [2.05, 4.69) is 10.3 Å². The molecule has 2 unspecified atom stereocenters. The van der Waals surface area contributed by atoms with E-state index in [-0.39, 0.29) is 5.91 Å². The highest BCUT2D eigenvalue weighted by Crippen LogP contribution is 2.62. The summed E-state index contributed by atoms with van der Waals surface area (Å²) in [4.78, 5) is 29.8. The fourth-order valence-electron chi connectivity index (χ4n) is 4.24. The maximum Gasteiger partial charge on any atom is 0.345 e. The molecule has 0 saturated heterocycles. The number of amides is 1. The second-order valence-electron chi connectivity index (χ2n) is 6.94. The molecule has 2 aliphatic carbocycles. The number of hydrogen-bond donors (Lipinski definition) is 2. The Morgan fingerprint density at radius 3 is 2.68 bits per heavy atom. The summed E-state index contributed by atoms with van der Waals surface area (Å²) in [7, 11) is 0. The van der Waals surface area contributed by atoms with Crippen molar-refractivity contribution in [3.8, 4) is 0 Å². The number of aromatic carboxylic acids is 1. The van der Waals surface area contributed by atoms with Gasteiger partial charge in [0, 0.05) is 16.5 Å². The highest BCUT2D eigenvalue weighted by atomic mass is 32.1. The van der Waals surface area contributed by atoms with E-state index >= 15 is 0 Å². The number of thiophene rings is 1. The van der Waals surface area contributed by atoms with Gasteiger partial charge in [0.1, 0.15) is 4.88 Å². The number of anilines is 1. The third-order valence-corrected chi connectivity index (χ3v) is 7.49. The molecule has 2 fully saturated rings. The molecule has 0 aromatic carbocycles. The number of carboxylic acids is 1. The average molecular weight is 377 g/mol. The zero-order valence-corrected chi connectivity index (χ0v) is 15.4. The highest BCUT2D eigenvalue weighted by Gasteiger charge is 2.64. The Hall–Kier alpha value is -1.73. The molecule has 2 saturated carbocycles. The van der Waals surface area contributed by atoms with Crippen molar-refractivity contribution in [3.05, 3.63) is 33.5 Å². The highest BCUT2D eigenvalue weighted by molar-refractivity contribution is 7.14. The monoisotopic (exact) mass is 376 g/mol.